The number of rotatable bonds is 7. The molecule has 0 saturated carbocycles. The van der Waals surface area contributed by atoms with Crippen molar-refractivity contribution in [1.29, 1.82) is 0 Å². The van der Waals surface area contributed by atoms with Crippen LogP contribution in [0.15, 0.2) is 59.5 Å². The molecule has 0 aliphatic rings. The number of esters is 1. The zero-order chi connectivity index (χ0) is 17.2. The molecule has 0 spiro atoms. The van der Waals surface area contributed by atoms with Crippen LogP contribution in [-0.2, 0) is 9.53 Å². The number of carbonyl (C=O) groups is 1. The van der Waals surface area contributed by atoms with Crippen molar-refractivity contribution >= 4 is 17.7 Å². The van der Waals surface area contributed by atoms with Gasteiger partial charge >= 0.3 is 5.97 Å². The summed E-state index contributed by atoms with van der Waals surface area (Å²) in [6, 6.07) is 17.3. The minimum absolute atomic E-state index is 0.229. The molecule has 4 heteroatoms. The van der Waals surface area contributed by atoms with E-state index in [-0.39, 0.29) is 11.2 Å². The first kappa shape index (κ1) is 18.0. The molecule has 2 aromatic rings. The number of benzene rings is 2. The molecule has 0 bridgehead atoms. The lowest BCUT2D eigenvalue weighted by Gasteiger charge is -2.16. The highest BCUT2D eigenvalue weighted by molar-refractivity contribution is 8.00. The molecule has 2 aromatic carbocycles. The van der Waals surface area contributed by atoms with Crippen molar-refractivity contribution in [3.05, 3.63) is 60.2 Å². The second-order valence-corrected chi connectivity index (χ2v) is 6.03. The van der Waals surface area contributed by atoms with Crippen molar-refractivity contribution in [2.45, 2.75) is 24.0 Å². The van der Waals surface area contributed by atoms with Gasteiger partial charge in [0.05, 0.1) is 6.61 Å². The molecule has 0 aliphatic carbocycles. The van der Waals surface area contributed by atoms with Crippen LogP contribution in [0.5, 0.6) is 5.75 Å². The minimum atomic E-state index is -0.385. The van der Waals surface area contributed by atoms with E-state index in [0.717, 1.165) is 16.2 Å². The van der Waals surface area contributed by atoms with Crippen molar-refractivity contribution in [3.63, 3.8) is 0 Å². The Bertz CT molecular complexity index is 699. The van der Waals surface area contributed by atoms with Crippen LogP contribution in [0.25, 0.3) is 0 Å². The molecule has 0 N–H and O–H groups in total. The highest BCUT2D eigenvalue weighted by Crippen LogP contribution is 2.36. The third-order valence-corrected chi connectivity index (χ3v) is 4.41. The van der Waals surface area contributed by atoms with Gasteiger partial charge in [0, 0.05) is 4.90 Å². The largest absolute Gasteiger partial charge is 0.481 e. The van der Waals surface area contributed by atoms with E-state index in [1.807, 2.05) is 61.5 Å². The van der Waals surface area contributed by atoms with Crippen molar-refractivity contribution in [1.82, 2.24) is 0 Å². The average Bonchev–Trinajstić information content (AvgIpc) is 2.62. The fourth-order valence-electron chi connectivity index (χ4n) is 2.04. The summed E-state index contributed by atoms with van der Waals surface area (Å²) < 4.78 is 10.7. The molecular formula is C20H20O3S. The van der Waals surface area contributed by atoms with E-state index < -0.39 is 0 Å². The van der Waals surface area contributed by atoms with E-state index in [4.69, 9.17) is 9.47 Å². The Hall–Kier alpha value is -2.38. The van der Waals surface area contributed by atoms with Gasteiger partial charge in [-0.05, 0) is 43.7 Å². The van der Waals surface area contributed by atoms with Gasteiger partial charge < -0.3 is 9.47 Å². The van der Waals surface area contributed by atoms with E-state index in [1.165, 1.54) is 11.8 Å². The monoisotopic (exact) mass is 340 g/mol. The molecule has 0 aliphatic heterocycles. The van der Waals surface area contributed by atoms with Crippen LogP contribution in [0.3, 0.4) is 0 Å². The van der Waals surface area contributed by atoms with Gasteiger partial charge in [0.15, 0.2) is 0 Å². The number of thioether (sulfide) groups is 1. The van der Waals surface area contributed by atoms with Crippen molar-refractivity contribution in [2.24, 2.45) is 0 Å². The van der Waals surface area contributed by atoms with Gasteiger partial charge in [-0.3, -0.25) is 4.79 Å². The fraction of sp³-hybridized carbons (Fsp3) is 0.250. The van der Waals surface area contributed by atoms with Crippen molar-refractivity contribution in [3.8, 4) is 17.6 Å². The van der Waals surface area contributed by atoms with Gasteiger partial charge in [-0.15, -0.1) is 17.7 Å². The summed E-state index contributed by atoms with van der Waals surface area (Å²) in [6.45, 7) is 4.34. The van der Waals surface area contributed by atoms with Gasteiger partial charge in [0.2, 0.25) is 0 Å². The third-order valence-electron chi connectivity index (χ3n) is 3.17. The molecule has 3 nitrogen and oxygen atoms in total. The van der Waals surface area contributed by atoms with Gasteiger partial charge in [-0.25, -0.2) is 0 Å². The van der Waals surface area contributed by atoms with E-state index >= 15 is 0 Å². The third kappa shape index (κ3) is 5.36. The van der Waals surface area contributed by atoms with Crippen LogP contribution in [0.4, 0.5) is 0 Å². The molecule has 0 radical (unpaired) electrons. The Morgan fingerprint density at radius 2 is 1.83 bits per heavy atom. The Morgan fingerprint density at radius 1 is 1.12 bits per heavy atom. The van der Waals surface area contributed by atoms with Gasteiger partial charge in [-0.2, -0.15) is 0 Å². The average molecular weight is 340 g/mol. The summed E-state index contributed by atoms with van der Waals surface area (Å²) in [5, 5.41) is -0.385. The second-order valence-electron chi connectivity index (χ2n) is 4.85. The zero-order valence-corrected chi connectivity index (χ0v) is 14.6. The molecule has 0 saturated heterocycles. The Kier molecular flexibility index (Phi) is 7.25. The molecular weight excluding hydrogens is 320 g/mol. The van der Waals surface area contributed by atoms with Crippen LogP contribution in [0, 0.1) is 11.8 Å². The second kappa shape index (κ2) is 9.69. The molecule has 0 unspecified atom stereocenters. The summed E-state index contributed by atoms with van der Waals surface area (Å²) >= 11 is 1.47. The molecule has 0 heterocycles. The van der Waals surface area contributed by atoms with Crippen molar-refractivity contribution in [2.75, 3.05) is 13.2 Å². The highest BCUT2D eigenvalue weighted by atomic mass is 32.2. The number of hydrogen-bond donors (Lipinski definition) is 0. The maximum Gasteiger partial charge on any atom is 0.323 e. The molecule has 0 aromatic heterocycles. The fourth-order valence-corrected chi connectivity index (χ4v) is 3.06. The molecule has 0 fully saturated rings. The van der Waals surface area contributed by atoms with Gasteiger partial charge in [0.1, 0.15) is 17.6 Å². The van der Waals surface area contributed by atoms with Crippen LogP contribution < -0.4 is 4.74 Å². The summed E-state index contributed by atoms with van der Waals surface area (Å²) in [6.07, 6.45) is 0. The standard InChI is InChI=1S/C20H20O3S/c1-3-5-15-23-17-11-13-18(14-12-17)24-19(20(21)22-4-2)16-9-7-6-8-10-16/h6-14,19H,4,15H2,1-2H3/t19-/m1/s1. The lowest BCUT2D eigenvalue weighted by molar-refractivity contribution is -0.142. The minimum Gasteiger partial charge on any atom is -0.481 e. The zero-order valence-electron chi connectivity index (χ0n) is 13.8. The normalized spacial score (nSPS) is 11.1. The topological polar surface area (TPSA) is 35.5 Å². The smallest absolute Gasteiger partial charge is 0.323 e. The quantitative estimate of drug-likeness (QED) is 0.423. The maximum atomic E-state index is 12.3. The predicted molar refractivity (Wildman–Crippen MR) is 97.1 cm³/mol. The van der Waals surface area contributed by atoms with Gasteiger partial charge in [0.25, 0.3) is 0 Å². The number of ether oxygens (including phenoxy) is 2. The first-order chi connectivity index (χ1) is 11.7. The van der Waals surface area contributed by atoms with Gasteiger partial charge in [-0.1, -0.05) is 36.3 Å². The molecule has 124 valence electrons. The van der Waals surface area contributed by atoms with Crippen LogP contribution in [0.2, 0.25) is 0 Å². The number of hydrogen-bond acceptors (Lipinski definition) is 4. The lowest BCUT2D eigenvalue weighted by atomic mass is 10.1. The highest BCUT2D eigenvalue weighted by Gasteiger charge is 2.23. The Labute approximate surface area is 147 Å². The SMILES string of the molecule is CC#CCOc1ccc(S[C@@H](C(=O)OCC)c2ccccc2)cc1. The van der Waals surface area contributed by atoms with Crippen molar-refractivity contribution < 1.29 is 14.3 Å². The van der Waals surface area contributed by atoms with Crippen LogP contribution in [-0.4, -0.2) is 19.2 Å². The first-order valence-electron chi connectivity index (χ1n) is 7.75. The summed E-state index contributed by atoms with van der Waals surface area (Å²) in [4.78, 5) is 13.3. The molecule has 1 atom stereocenters. The summed E-state index contributed by atoms with van der Waals surface area (Å²) in [7, 11) is 0. The summed E-state index contributed by atoms with van der Waals surface area (Å²) in [5.41, 5.74) is 0.930. The summed E-state index contributed by atoms with van der Waals surface area (Å²) in [5.74, 6) is 6.17. The van der Waals surface area contributed by atoms with Crippen LogP contribution in [0.1, 0.15) is 24.7 Å². The van der Waals surface area contributed by atoms with E-state index in [0.29, 0.717) is 13.2 Å². The Balaban J connectivity index is 2.11. The molecule has 0 amide bonds. The maximum absolute atomic E-state index is 12.3. The van der Waals surface area contributed by atoms with Crippen LogP contribution >= 0.6 is 11.8 Å². The predicted octanol–water partition coefficient (Wildman–Crippen LogP) is 4.49. The Morgan fingerprint density at radius 3 is 2.46 bits per heavy atom. The lowest BCUT2D eigenvalue weighted by Crippen LogP contribution is -2.13. The van der Waals surface area contributed by atoms with E-state index in [9.17, 15) is 4.79 Å². The number of carbonyl (C=O) groups excluding carboxylic acids is 1. The molecule has 24 heavy (non-hydrogen) atoms. The van der Waals surface area contributed by atoms with E-state index in [1.54, 1.807) is 6.92 Å². The molecule has 2 rings (SSSR count). The first-order valence-corrected chi connectivity index (χ1v) is 8.63. The van der Waals surface area contributed by atoms with E-state index in [2.05, 4.69) is 11.8 Å².